The SMILES string of the molecule is C=CCOC(=O)CNC(=O)C(=O)C(CCC)NC(=O)[C@@H]1CCCN1C(=O)C(NC(=O)C(NC(=O)C(CCC(=O)OC(C)(C)C)NC(=O)C(CCC(=O)OC(C)(C)C)NC(C)=O)C(C)C)C1CCCCC1. The molecule has 21 nitrogen and oxygen atoms in total. The molecule has 1 saturated carbocycles. The van der Waals surface area contributed by atoms with E-state index in [0.29, 0.717) is 25.7 Å². The molecule has 1 heterocycles. The summed E-state index contributed by atoms with van der Waals surface area (Å²) in [5.74, 6) is -9.25. The summed E-state index contributed by atoms with van der Waals surface area (Å²) in [6.07, 6.45) is 5.14. The number of carbonyl (C=O) groups is 11. The van der Waals surface area contributed by atoms with Gasteiger partial charge in [0, 0.05) is 26.3 Å². The maximum Gasteiger partial charge on any atom is 0.325 e. The third-order valence-electron chi connectivity index (χ3n) is 11.4. The van der Waals surface area contributed by atoms with Crippen LogP contribution in [0, 0.1) is 11.8 Å². The first-order valence-corrected chi connectivity index (χ1v) is 24.5. The highest BCUT2D eigenvalue weighted by Crippen LogP contribution is 2.30. The van der Waals surface area contributed by atoms with Crippen molar-refractivity contribution in [2.24, 2.45) is 11.8 Å². The fraction of sp³-hybridized carbons (Fsp3) is 0.735. The molecule has 2 fully saturated rings. The Labute approximate surface area is 412 Å². The summed E-state index contributed by atoms with van der Waals surface area (Å²) in [6, 6.07) is -7.42. The first-order valence-electron chi connectivity index (χ1n) is 24.5. The molecule has 394 valence electrons. The van der Waals surface area contributed by atoms with E-state index in [4.69, 9.17) is 14.2 Å². The lowest BCUT2D eigenvalue weighted by Gasteiger charge is -2.36. The second-order valence-corrected chi connectivity index (χ2v) is 20.2. The number of nitrogens with one attached hydrogen (secondary N) is 6. The molecule has 6 atom stereocenters. The molecule has 0 bridgehead atoms. The minimum atomic E-state index is -1.44. The fourth-order valence-corrected chi connectivity index (χ4v) is 8.15. The van der Waals surface area contributed by atoms with Crippen LogP contribution < -0.4 is 31.9 Å². The molecule has 0 spiro atoms. The first-order chi connectivity index (χ1) is 32.7. The van der Waals surface area contributed by atoms with Crippen molar-refractivity contribution in [2.45, 2.75) is 200 Å². The monoisotopic (exact) mass is 990 g/mol. The molecule has 2 aliphatic rings. The van der Waals surface area contributed by atoms with Gasteiger partial charge in [-0.25, -0.2) is 0 Å². The summed E-state index contributed by atoms with van der Waals surface area (Å²) < 4.78 is 15.6. The lowest BCUT2D eigenvalue weighted by Crippen LogP contribution is -2.61. The number of nitrogens with zero attached hydrogens (tertiary/aromatic N) is 1. The van der Waals surface area contributed by atoms with Crippen LogP contribution >= 0.6 is 0 Å². The van der Waals surface area contributed by atoms with Gasteiger partial charge >= 0.3 is 17.9 Å². The van der Waals surface area contributed by atoms with E-state index in [-0.39, 0.29) is 57.6 Å². The fourth-order valence-electron chi connectivity index (χ4n) is 8.15. The lowest BCUT2D eigenvalue weighted by atomic mass is 9.83. The van der Waals surface area contributed by atoms with E-state index in [1.165, 1.54) is 17.9 Å². The predicted octanol–water partition coefficient (Wildman–Crippen LogP) is 2.12. The number of amides is 7. The van der Waals surface area contributed by atoms with Crippen molar-refractivity contribution in [2.75, 3.05) is 19.7 Å². The van der Waals surface area contributed by atoms with Crippen molar-refractivity contribution in [3.8, 4) is 0 Å². The maximum atomic E-state index is 14.7. The predicted molar refractivity (Wildman–Crippen MR) is 256 cm³/mol. The number of hydrogen-bond acceptors (Lipinski definition) is 14. The van der Waals surface area contributed by atoms with Gasteiger partial charge in [0.15, 0.2) is 0 Å². The highest BCUT2D eigenvalue weighted by Gasteiger charge is 2.43. The molecule has 5 unspecified atom stereocenters. The Morgan fingerprint density at radius 3 is 1.74 bits per heavy atom. The normalized spacial score (nSPS) is 17.3. The van der Waals surface area contributed by atoms with E-state index in [2.05, 4.69) is 38.5 Å². The van der Waals surface area contributed by atoms with Crippen LogP contribution in [0.4, 0.5) is 0 Å². The van der Waals surface area contributed by atoms with Crippen LogP contribution in [0.3, 0.4) is 0 Å². The van der Waals surface area contributed by atoms with Crippen LogP contribution in [0.15, 0.2) is 12.7 Å². The molecule has 1 aliphatic heterocycles. The average molecular weight is 990 g/mol. The number of esters is 3. The van der Waals surface area contributed by atoms with Crippen molar-refractivity contribution < 1.29 is 67.0 Å². The van der Waals surface area contributed by atoms with Gasteiger partial charge in [-0.2, -0.15) is 0 Å². The van der Waals surface area contributed by atoms with Crippen LogP contribution in [-0.4, -0.2) is 137 Å². The second-order valence-electron chi connectivity index (χ2n) is 20.2. The molecule has 1 aliphatic carbocycles. The summed E-state index contributed by atoms with van der Waals surface area (Å²) >= 11 is 0. The van der Waals surface area contributed by atoms with Crippen LogP contribution in [0.5, 0.6) is 0 Å². The number of carbonyl (C=O) groups excluding carboxylic acids is 11. The number of Topliss-reactive ketones (excluding diaryl/α,β-unsaturated/α-hetero) is 1. The summed E-state index contributed by atoms with van der Waals surface area (Å²) in [5.41, 5.74) is -1.66. The highest BCUT2D eigenvalue weighted by atomic mass is 16.6. The smallest absolute Gasteiger partial charge is 0.325 e. The molecule has 0 radical (unpaired) electrons. The standard InChI is InChI=1S/C49H79N7O14/c1-12-18-32(41(61)46(66)50-28-38(60)68-27-13-2)52-44(64)35-21-17-26-56(35)47(67)40(31-19-15-14-16-20-31)55-45(65)39(29(3)4)54-43(63)34(23-25-37(59)70-49(9,10)11)53-42(62)33(51-30(5)57)22-24-36(58)69-48(6,7)8/h13,29,31-35,39-40H,2,12,14-28H2,1,3-11H3,(H,50,66)(H,51,57)(H,52,64)(H,53,62)(H,54,63)(H,55,65)/t32?,33?,34?,35-,39?,40?/m0/s1. The highest BCUT2D eigenvalue weighted by molar-refractivity contribution is 6.38. The molecule has 21 heteroatoms. The Balaban J connectivity index is 2.39. The largest absolute Gasteiger partial charge is 0.460 e. The van der Waals surface area contributed by atoms with Crippen LogP contribution in [0.2, 0.25) is 0 Å². The van der Waals surface area contributed by atoms with E-state index in [9.17, 15) is 52.7 Å². The summed E-state index contributed by atoms with van der Waals surface area (Å²) in [7, 11) is 0. The van der Waals surface area contributed by atoms with E-state index in [1.807, 2.05) is 0 Å². The van der Waals surface area contributed by atoms with Gasteiger partial charge in [-0.05, 0) is 98.3 Å². The molecule has 2 rings (SSSR count). The average Bonchev–Trinajstić information content (AvgIpc) is 3.77. The second kappa shape index (κ2) is 28.7. The van der Waals surface area contributed by atoms with Crippen molar-refractivity contribution in [3.63, 3.8) is 0 Å². The first kappa shape index (κ1) is 60.2. The molecule has 0 aromatic heterocycles. The van der Waals surface area contributed by atoms with E-state index in [1.54, 1.807) is 62.3 Å². The van der Waals surface area contributed by atoms with Gasteiger partial charge in [0.25, 0.3) is 5.91 Å². The number of hydrogen-bond donors (Lipinski definition) is 6. The zero-order chi connectivity index (χ0) is 52.9. The van der Waals surface area contributed by atoms with Crippen molar-refractivity contribution in [3.05, 3.63) is 12.7 Å². The quantitative estimate of drug-likeness (QED) is 0.0314. The van der Waals surface area contributed by atoms with Gasteiger partial charge in [-0.15, -0.1) is 0 Å². The Bertz CT molecular complexity index is 1880. The van der Waals surface area contributed by atoms with Crippen molar-refractivity contribution in [1.29, 1.82) is 0 Å². The van der Waals surface area contributed by atoms with Gasteiger partial charge in [-0.3, -0.25) is 52.7 Å². The maximum absolute atomic E-state index is 14.7. The van der Waals surface area contributed by atoms with E-state index < -0.39 is 125 Å². The number of rotatable bonds is 26. The van der Waals surface area contributed by atoms with E-state index >= 15 is 0 Å². The minimum absolute atomic E-state index is 0.0841. The van der Waals surface area contributed by atoms with E-state index in [0.717, 1.165) is 19.3 Å². The van der Waals surface area contributed by atoms with Crippen molar-refractivity contribution in [1.82, 2.24) is 36.8 Å². The van der Waals surface area contributed by atoms with Gasteiger partial charge in [0.2, 0.25) is 41.2 Å². The Morgan fingerprint density at radius 2 is 1.23 bits per heavy atom. The number of likely N-dealkylation sites (tertiary alicyclic amines) is 1. The molecular formula is C49H79N7O14. The van der Waals surface area contributed by atoms with Gasteiger partial charge < -0.3 is 51.0 Å². The molecule has 0 aromatic carbocycles. The number of ether oxygens (including phenoxy) is 3. The summed E-state index contributed by atoms with van der Waals surface area (Å²) in [5, 5.41) is 15.5. The molecule has 0 aromatic rings. The molecular weight excluding hydrogens is 911 g/mol. The Hall–Kier alpha value is -5.89. The van der Waals surface area contributed by atoms with Crippen molar-refractivity contribution >= 4 is 65.0 Å². The summed E-state index contributed by atoms with van der Waals surface area (Å²) in [6.45, 7) is 19.3. The topological polar surface area (TPSA) is 291 Å². The minimum Gasteiger partial charge on any atom is -0.460 e. The zero-order valence-corrected chi connectivity index (χ0v) is 42.9. The van der Waals surface area contributed by atoms with Gasteiger partial charge in [-0.1, -0.05) is 59.1 Å². The third kappa shape index (κ3) is 21.4. The van der Waals surface area contributed by atoms with Crippen LogP contribution in [0.25, 0.3) is 0 Å². The molecule has 70 heavy (non-hydrogen) atoms. The molecule has 1 saturated heterocycles. The Morgan fingerprint density at radius 1 is 0.671 bits per heavy atom. The summed E-state index contributed by atoms with van der Waals surface area (Å²) in [4.78, 5) is 148. The van der Waals surface area contributed by atoms with Crippen LogP contribution in [0.1, 0.15) is 153 Å². The molecule has 6 N–H and O–H groups in total. The lowest BCUT2D eigenvalue weighted by molar-refractivity contribution is -0.156. The third-order valence-corrected chi connectivity index (χ3v) is 11.4. The molecule has 7 amide bonds. The van der Waals surface area contributed by atoms with Gasteiger partial charge in [0.1, 0.15) is 54.6 Å². The Kier molecular flexibility index (Phi) is 24.7. The van der Waals surface area contributed by atoms with Crippen LogP contribution in [-0.2, 0) is 67.0 Å². The number of ketones is 1. The zero-order valence-electron chi connectivity index (χ0n) is 42.9. The van der Waals surface area contributed by atoms with Gasteiger partial charge in [0.05, 0.1) is 6.04 Å².